The van der Waals surface area contributed by atoms with Crippen LogP contribution in [0.5, 0.6) is 0 Å². The van der Waals surface area contributed by atoms with Gasteiger partial charge in [-0.25, -0.2) is 15.0 Å². The lowest BCUT2D eigenvalue weighted by Crippen LogP contribution is -2.15. The van der Waals surface area contributed by atoms with Gasteiger partial charge < -0.3 is 4.42 Å². The quantitative estimate of drug-likeness (QED) is 0.173. The highest BCUT2D eigenvalue weighted by Gasteiger charge is 2.39. The predicted molar refractivity (Wildman–Crippen MR) is 213 cm³/mol. The van der Waals surface area contributed by atoms with Gasteiger partial charge in [0.2, 0.25) is 0 Å². The minimum atomic E-state index is -3.95. The van der Waals surface area contributed by atoms with Crippen LogP contribution in [0.4, 0.5) is 0 Å². The zero-order chi connectivity index (χ0) is 61.3. The minimum absolute atomic E-state index is 0.559. The molecule has 0 spiro atoms. The standard InChI is InChI=1S/C48H31N3O/c1-48(2)38-18-10-8-16-34(38)43-39(48)27-37(42-35-17-9-11-19-40(35)52-44(42)43)47-50-45(31-13-4-3-5-14-31)49-46(51-47)32-25-22-29-21-24-30-23-20-28-12-6-7-15-33(28)41(30)36(29)26-32/h3-27H,1-2H3/i1D3,2D3,3D,4D,5D,6D,7D,8D,9D,10D,11D,12D,13D,14D,15D,16D,17D,18D,19D,20D,21D,22D,23D,24D,25D,26D,27D. The van der Waals surface area contributed by atoms with E-state index in [9.17, 15) is 8.22 Å². The molecule has 4 heteroatoms. The van der Waals surface area contributed by atoms with Gasteiger partial charge in [-0.1, -0.05) is 147 Å². The highest BCUT2D eigenvalue weighted by molar-refractivity contribution is 6.21. The third-order valence-electron chi connectivity index (χ3n) is 8.68. The number of benzene rings is 8. The summed E-state index contributed by atoms with van der Waals surface area (Å²) in [6, 6.07) is -24.4. The first-order valence-electron chi connectivity index (χ1n) is 30.7. The SMILES string of the molecule is [2H]c1c([2H])c([2H])c(-c2nc(-c3c([2H])c([2H])c4c([2H])c([2H])c5c([2H])c([2H])c6c([2H])c([2H])c([2H])c([2H])c6c5c4c3[2H])nc(-c3c([2H])c4c(c5oc6c([2H])c([2H])c([2H])c([2H])c6c35)-c3c([2H])c([2H])c([2H])c([2H])c3C4(C([2H])([2H])[2H])C([2H])([2H])[2H])n2)c([2H])c1[2H]. The van der Waals surface area contributed by atoms with Crippen LogP contribution in [0.2, 0.25) is 0 Å². The van der Waals surface area contributed by atoms with Crippen molar-refractivity contribution < 1.29 is 46.9 Å². The van der Waals surface area contributed by atoms with Gasteiger partial charge in [0.25, 0.3) is 0 Å². The van der Waals surface area contributed by atoms with Gasteiger partial charge in [0.15, 0.2) is 17.5 Å². The molecule has 0 atom stereocenters. The smallest absolute Gasteiger partial charge is 0.164 e. The van der Waals surface area contributed by atoms with E-state index in [2.05, 4.69) is 15.0 Å². The van der Waals surface area contributed by atoms with Gasteiger partial charge in [-0.3, -0.25) is 0 Å². The van der Waals surface area contributed by atoms with Gasteiger partial charge in [-0.05, 0) is 67.1 Å². The van der Waals surface area contributed by atoms with E-state index in [-0.39, 0.29) is 0 Å². The second kappa shape index (κ2) is 10.7. The van der Waals surface area contributed by atoms with Crippen molar-refractivity contribution in [1.29, 1.82) is 0 Å². The average Bonchev–Trinajstić information content (AvgIpc) is 1.56. The van der Waals surface area contributed by atoms with Crippen LogP contribution in [0.3, 0.4) is 0 Å². The lowest BCUT2D eigenvalue weighted by atomic mass is 9.81. The van der Waals surface area contributed by atoms with Crippen molar-refractivity contribution in [3.63, 3.8) is 0 Å². The summed E-state index contributed by atoms with van der Waals surface area (Å²) in [6.45, 7) is -7.90. The van der Waals surface area contributed by atoms with Crippen LogP contribution >= 0.6 is 0 Å². The minimum Gasteiger partial charge on any atom is -0.455 e. The van der Waals surface area contributed by atoms with Gasteiger partial charge in [-0.2, -0.15) is 0 Å². The fraction of sp³-hybridized carbons (Fsp3) is 0.0625. The first-order valence-corrected chi connectivity index (χ1v) is 15.2. The Kier molecular flexibility index (Phi) is 2.46. The maximum atomic E-state index is 10.2. The predicted octanol–water partition coefficient (Wildman–Crippen LogP) is 12.5. The Morgan fingerprint density at radius 1 is 0.500 bits per heavy atom. The van der Waals surface area contributed by atoms with Crippen molar-refractivity contribution >= 4 is 54.3 Å². The zero-order valence-electron chi connectivity index (χ0n) is 56.7. The number of furan rings is 1. The first-order chi connectivity index (χ1) is 38.4. The highest BCUT2D eigenvalue weighted by Crippen LogP contribution is 2.54. The Labute approximate surface area is 343 Å². The van der Waals surface area contributed by atoms with Crippen molar-refractivity contribution in [2.75, 3.05) is 0 Å². The summed E-state index contributed by atoms with van der Waals surface area (Å²) in [5, 5.41) is -5.05. The van der Waals surface area contributed by atoms with Gasteiger partial charge in [0, 0.05) is 46.7 Å². The molecular formula is C48H31N3O. The van der Waals surface area contributed by atoms with E-state index in [0.717, 1.165) is 0 Å². The molecule has 0 fully saturated rings. The molecule has 10 aromatic rings. The van der Waals surface area contributed by atoms with E-state index in [1.807, 2.05) is 0 Å². The van der Waals surface area contributed by atoms with E-state index in [0.29, 0.717) is 0 Å². The second-order valence-corrected chi connectivity index (χ2v) is 11.6. The first kappa shape index (κ1) is 12.0. The van der Waals surface area contributed by atoms with Crippen molar-refractivity contribution in [3.05, 3.63) is 162 Å². The van der Waals surface area contributed by atoms with Crippen LogP contribution in [0, 0.1) is 0 Å². The lowest BCUT2D eigenvalue weighted by molar-refractivity contribution is 0.653. The van der Waals surface area contributed by atoms with Crippen molar-refractivity contribution in [3.8, 4) is 45.3 Å². The fourth-order valence-electron chi connectivity index (χ4n) is 6.44. The third kappa shape index (κ3) is 4.12. The van der Waals surface area contributed by atoms with Crippen molar-refractivity contribution in [2.45, 2.75) is 19.1 Å². The summed E-state index contributed by atoms with van der Waals surface area (Å²) in [5.74, 6) is -3.11. The molecule has 52 heavy (non-hydrogen) atoms. The summed E-state index contributed by atoms with van der Waals surface area (Å²) in [4.78, 5) is 13.3. The van der Waals surface area contributed by atoms with Gasteiger partial charge in [0.05, 0.1) is 34.3 Å². The summed E-state index contributed by atoms with van der Waals surface area (Å²) < 4.78 is 285. The molecule has 0 bridgehead atoms. The average molecular weight is 697 g/mol. The van der Waals surface area contributed by atoms with Crippen molar-refractivity contribution in [2.24, 2.45) is 0 Å². The van der Waals surface area contributed by atoms with Crippen LogP contribution in [0.1, 0.15) is 67.3 Å². The molecule has 0 radical (unpaired) electrons. The van der Waals surface area contributed by atoms with Crippen LogP contribution in [0.25, 0.3) is 99.5 Å². The molecule has 0 aliphatic heterocycles. The summed E-state index contributed by atoms with van der Waals surface area (Å²) in [6.07, 6.45) is 0. The fourth-order valence-corrected chi connectivity index (χ4v) is 6.44. The zero-order valence-corrected chi connectivity index (χ0v) is 25.7. The van der Waals surface area contributed by atoms with Crippen LogP contribution in [-0.2, 0) is 5.41 Å². The molecule has 2 heterocycles. The monoisotopic (exact) mass is 696 g/mol. The normalized spacial score (nSPS) is 22.3. The number of rotatable bonds is 3. The number of aromatic nitrogens is 3. The number of nitrogens with zero attached hydrogens (tertiary/aromatic N) is 3. The molecule has 0 unspecified atom stereocenters. The van der Waals surface area contributed by atoms with E-state index in [4.69, 9.17) is 38.7 Å². The van der Waals surface area contributed by atoms with Crippen molar-refractivity contribution in [1.82, 2.24) is 15.0 Å². The molecule has 11 rings (SSSR count). The molecular weight excluding hydrogens is 635 g/mol. The Morgan fingerprint density at radius 3 is 2.00 bits per heavy atom. The maximum Gasteiger partial charge on any atom is 0.164 e. The Balaban J connectivity index is 1.44. The number of para-hydroxylation sites is 1. The number of hydrogen-bond acceptors (Lipinski definition) is 4. The van der Waals surface area contributed by atoms with E-state index in [1.54, 1.807) is 0 Å². The Bertz CT molecular complexity index is 4720. The molecule has 2 aromatic heterocycles. The van der Waals surface area contributed by atoms with Gasteiger partial charge in [0.1, 0.15) is 11.2 Å². The van der Waals surface area contributed by atoms with Crippen LogP contribution < -0.4 is 0 Å². The van der Waals surface area contributed by atoms with E-state index < -0.39 is 281 Å². The lowest BCUT2D eigenvalue weighted by Gasteiger charge is -2.22. The van der Waals surface area contributed by atoms with E-state index >= 15 is 0 Å². The van der Waals surface area contributed by atoms with E-state index in [1.165, 1.54) is 0 Å². The summed E-state index contributed by atoms with van der Waals surface area (Å²) in [5.41, 5.74) is -11.9. The maximum absolute atomic E-state index is 10.2. The largest absolute Gasteiger partial charge is 0.455 e. The number of hydrogen-bond donors (Lipinski definition) is 0. The molecule has 1 aliphatic rings. The molecule has 0 saturated carbocycles. The molecule has 8 aromatic carbocycles. The molecule has 244 valence electrons. The Morgan fingerprint density at radius 2 is 1.15 bits per heavy atom. The molecule has 0 saturated heterocycles. The van der Waals surface area contributed by atoms with Crippen LogP contribution in [-0.4, -0.2) is 15.0 Å². The topological polar surface area (TPSA) is 51.8 Å². The number of fused-ring (bicyclic) bond motifs is 12. The molecule has 0 amide bonds. The third-order valence-corrected chi connectivity index (χ3v) is 8.68. The Hall–Kier alpha value is -6.65. The summed E-state index contributed by atoms with van der Waals surface area (Å²) >= 11 is 0. The van der Waals surface area contributed by atoms with Gasteiger partial charge >= 0.3 is 0 Å². The summed E-state index contributed by atoms with van der Waals surface area (Å²) in [7, 11) is 0. The second-order valence-electron chi connectivity index (χ2n) is 11.6. The highest BCUT2D eigenvalue weighted by atomic mass is 16.3. The molecule has 4 nitrogen and oxygen atoms in total. The molecule has 1 aliphatic carbocycles. The van der Waals surface area contributed by atoms with Crippen LogP contribution in [0.15, 0.2) is 155 Å². The van der Waals surface area contributed by atoms with Gasteiger partial charge in [-0.15, -0.1) is 0 Å². The molecule has 0 N–H and O–H groups in total.